The molecule has 0 aliphatic carbocycles. The number of nitrogens with zero attached hydrogens (tertiary/aromatic N) is 1. The van der Waals surface area contributed by atoms with Crippen molar-refractivity contribution in [2.24, 2.45) is 5.73 Å². The van der Waals surface area contributed by atoms with Gasteiger partial charge in [-0.15, -0.1) is 11.3 Å². The zero-order valence-corrected chi connectivity index (χ0v) is 12.2. The van der Waals surface area contributed by atoms with Crippen molar-refractivity contribution < 1.29 is 4.79 Å². The third kappa shape index (κ3) is 4.33. The molecule has 96 valence electrons. The van der Waals surface area contributed by atoms with Crippen LogP contribution in [0.3, 0.4) is 0 Å². The summed E-state index contributed by atoms with van der Waals surface area (Å²) in [6.07, 6.45) is 2.77. The number of hydrogen-bond donors (Lipinski definition) is 1. The van der Waals surface area contributed by atoms with Crippen LogP contribution in [0, 0.1) is 6.92 Å². The number of nitrogens with two attached hydrogens (primary N) is 1. The van der Waals surface area contributed by atoms with Crippen LogP contribution in [0.4, 0.5) is 0 Å². The Bertz CT molecular complexity index is 365. The van der Waals surface area contributed by atoms with E-state index in [4.69, 9.17) is 5.73 Å². The molecule has 1 aromatic rings. The highest BCUT2D eigenvalue weighted by atomic mass is 32.2. The van der Waals surface area contributed by atoms with E-state index in [2.05, 4.69) is 18.4 Å². The second-order valence-corrected chi connectivity index (χ2v) is 6.10. The van der Waals surface area contributed by atoms with Crippen LogP contribution in [0.5, 0.6) is 0 Å². The van der Waals surface area contributed by atoms with Gasteiger partial charge in [-0.2, -0.15) is 11.8 Å². The lowest BCUT2D eigenvalue weighted by Crippen LogP contribution is -2.41. The highest BCUT2D eigenvalue weighted by molar-refractivity contribution is 7.98. The maximum atomic E-state index is 12.0. The molecule has 17 heavy (non-hydrogen) atoms. The molecule has 0 unspecified atom stereocenters. The Kier molecular flexibility index (Phi) is 6.02. The number of carbonyl (C=O) groups is 1. The zero-order chi connectivity index (χ0) is 12.8. The van der Waals surface area contributed by atoms with E-state index in [-0.39, 0.29) is 11.9 Å². The van der Waals surface area contributed by atoms with Crippen molar-refractivity contribution in [3.05, 3.63) is 21.9 Å². The van der Waals surface area contributed by atoms with E-state index in [1.54, 1.807) is 28.0 Å². The molecule has 0 aromatic carbocycles. The topological polar surface area (TPSA) is 46.3 Å². The van der Waals surface area contributed by atoms with Crippen LogP contribution in [0.25, 0.3) is 0 Å². The van der Waals surface area contributed by atoms with Gasteiger partial charge in [0.2, 0.25) is 5.91 Å². The van der Waals surface area contributed by atoms with E-state index >= 15 is 0 Å². The van der Waals surface area contributed by atoms with Crippen LogP contribution in [0.15, 0.2) is 11.4 Å². The predicted octanol–water partition coefficient (Wildman–Crippen LogP) is 2.10. The average Bonchev–Trinajstić information content (AvgIpc) is 2.70. The molecule has 0 bridgehead atoms. The highest BCUT2D eigenvalue weighted by Gasteiger charge is 2.18. The fourth-order valence-corrected chi connectivity index (χ4v) is 2.96. The molecule has 0 aliphatic rings. The van der Waals surface area contributed by atoms with Crippen LogP contribution in [0.2, 0.25) is 0 Å². The van der Waals surface area contributed by atoms with Crippen LogP contribution in [-0.2, 0) is 11.3 Å². The van der Waals surface area contributed by atoms with Gasteiger partial charge in [0.15, 0.2) is 0 Å². The number of thiophene rings is 1. The monoisotopic (exact) mass is 272 g/mol. The van der Waals surface area contributed by atoms with E-state index in [0.29, 0.717) is 6.54 Å². The maximum Gasteiger partial charge on any atom is 0.239 e. The zero-order valence-electron chi connectivity index (χ0n) is 10.6. The fraction of sp³-hybridized carbons (Fsp3) is 0.583. The van der Waals surface area contributed by atoms with Crippen LogP contribution in [0.1, 0.15) is 16.9 Å². The summed E-state index contributed by atoms with van der Waals surface area (Å²) in [6.45, 7) is 2.73. The van der Waals surface area contributed by atoms with Gasteiger partial charge in [0.05, 0.1) is 12.6 Å². The molecule has 3 nitrogen and oxygen atoms in total. The van der Waals surface area contributed by atoms with E-state index in [0.717, 1.165) is 12.2 Å². The summed E-state index contributed by atoms with van der Waals surface area (Å²) < 4.78 is 0. The molecule has 0 spiro atoms. The van der Waals surface area contributed by atoms with Crippen molar-refractivity contribution in [1.82, 2.24) is 4.90 Å². The summed E-state index contributed by atoms with van der Waals surface area (Å²) in [5.74, 6) is 0.963. The maximum absolute atomic E-state index is 12.0. The number of thioether (sulfide) groups is 1. The standard InChI is InChI=1S/C12H20N2OS2/c1-9-4-7-17-11(9)8-14(2)12(15)10(13)5-6-16-3/h4,7,10H,5-6,8,13H2,1-3H3/t10-/m1/s1. The van der Waals surface area contributed by atoms with Gasteiger partial charge in [0.1, 0.15) is 0 Å². The second-order valence-electron chi connectivity index (χ2n) is 4.11. The Morgan fingerprint density at radius 1 is 1.65 bits per heavy atom. The third-order valence-corrected chi connectivity index (χ3v) is 4.33. The molecule has 2 N–H and O–H groups in total. The van der Waals surface area contributed by atoms with Gasteiger partial charge < -0.3 is 10.6 Å². The van der Waals surface area contributed by atoms with Crippen LogP contribution >= 0.6 is 23.1 Å². The number of aryl methyl sites for hydroxylation is 1. The molecule has 1 amide bonds. The molecule has 0 saturated heterocycles. The van der Waals surface area contributed by atoms with Crippen LogP contribution < -0.4 is 5.73 Å². The molecular weight excluding hydrogens is 252 g/mol. The molecule has 0 radical (unpaired) electrons. The molecule has 1 rings (SSSR count). The van der Waals surface area contributed by atoms with Gasteiger partial charge in [-0.25, -0.2) is 0 Å². The quantitative estimate of drug-likeness (QED) is 0.862. The number of rotatable bonds is 6. The Morgan fingerprint density at radius 2 is 2.35 bits per heavy atom. The summed E-state index contributed by atoms with van der Waals surface area (Å²) >= 11 is 3.40. The summed E-state index contributed by atoms with van der Waals surface area (Å²) in [4.78, 5) is 14.9. The van der Waals surface area contributed by atoms with Gasteiger partial charge in [-0.05, 0) is 42.4 Å². The van der Waals surface area contributed by atoms with Crippen molar-refractivity contribution in [3.63, 3.8) is 0 Å². The third-order valence-electron chi connectivity index (χ3n) is 2.68. The Labute approximate surface area is 111 Å². The lowest BCUT2D eigenvalue weighted by Gasteiger charge is -2.21. The normalized spacial score (nSPS) is 12.5. The first-order chi connectivity index (χ1) is 8.06. The summed E-state index contributed by atoms with van der Waals surface area (Å²) in [5, 5.41) is 2.05. The summed E-state index contributed by atoms with van der Waals surface area (Å²) in [6, 6.07) is 1.71. The molecule has 1 heterocycles. The van der Waals surface area contributed by atoms with Gasteiger partial charge in [0, 0.05) is 11.9 Å². The lowest BCUT2D eigenvalue weighted by atomic mass is 10.2. The van der Waals surface area contributed by atoms with Gasteiger partial charge in [-0.1, -0.05) is 0 Å². The number of hydrogen-bond acceptors (Lipinski definition) is 4. The minimum Gasteiger partial charge on any atom is -0.339 e. The van der Waals surface area contributed by atoms with Crippen molar-refractivity contribution in [3.8, 4) is 0 Å². The predicted molar refractivity (Wildman–Crippen MR) is 76.5 cm³/mol. The van der Waals surface area contributed by atoms with Crippen molar-refractivity contribution in [2.75, 3.05) is 19.1 Å². The lowest BCUT2D eigenvalue weighted by molar-refractivity contribution is -0.131. The molecule has 0 saturated carbocycles. The Hall–Kier alpha value is -0.520. The first-order valence-corrected chi connectivity index (χ1v) is 7.86. The second kappa shape index (κ2) is 7.03. The molecule has 1 aromatic heterocycles. The highest BCUT2D eigenvalue weighted by Crippen LogP contribution is 2.17. The largest absolute Gasteiger partial charge is 0.339 e. The van der Waals surface area contributed by atoms with Gasteiger partial charge >= 0.3 is 0 Å². The SMILES string of the molecule is CSCC[C@@H](N)C(=O)N(C)Cc1sccc1C. The molecule has 5 heteroatoms. The van der Waals surface area contributed by atoms with E-state index in [1.807, 2.05) is 13.3 Å². The molecular formula is C12H20N2OS2. The number of carbonyl (C=O) groups excluding carboxylic acids is 1. The summed E-state index contributed by atoms with van der Waals surface area (Å²) in [5.41, 5.74) is 7.11. The number of likely N-dealkylation sites (N-methyl/N-ethyl adjacent to an activating group) is 1. The minimum absolute atomic E-state index is 0.0341. The Morgan fingerprint density at radius 3 is 2.88 bits per heavy atom. The number of amides is 1. The Balaban J connectivity index is 2.49. The van der Waals surface area contributed by atoms with Gasteiger partial charge in [-0.3, -0.25) is 4.79 Å². The average molecular weight is 272 g/mol. The first-order valence-electron chi connectivity index (χ1n) is 5.58. The van der Waals surface area contributed by atoms with Crippen molar-refractivity contribution in [1.29, 1.82) is 0 Å². The first kappa shape index (κ1) is 14.5. The van der Waals surface area contributed by atoms with E-state index < -0.39 is 0 Å². The fourth-order valence-electron chi connectivity index (χ4n) is 1.51. The van der Waals surface area contributed by atoms with Gasteiger partial charge in [0.25, 0.3) is 0 Å². The van der Waals surface area contributed by atoms with E-state index in [1.165, 1.54) is 10.4 Å². The molecule has 1 atom stereocenters. The van der Waals surface area contributed by atoms with Crippen molar-refractivity contribution >= 4 is 29.0 Å². The smallest absolute Gasteiger partial charge is 0.239 e. The summed E-state index contributed by atoms with van der Waals surface area (Å²) in [7, 11) is 1.82. The molecule has 0 fully saturated rings. The van der Waals surface area contributed by atoms with E-state index in [9.17, 15) is 4.79 Å². The van der Waals surface area contributed by atoms with Crippen LogP contribution in [-0.4, -0.2) is 35.9 Å². The molecule has 0 aliphatic heterocycles. The minimum atomic E-state index is -0.368. The van der Waals surface area contributed by atoms with Crippen molar-refractivity contribution in [2.45, 2.75) is 25.9 Å².